The molecule has 3 aliphatic rings. The average Bonchev–Trinajstić information content (AvgIpc) is 3.06. The molecule has 4 rings (SSSR count). The fourth-order valence-electron chi connectivity index (χ4n) is 4.93. The Bertz CT molecular complexity index is 615. The van der Waals surface area contributed by atoms with Crippen molar-refractivity contribution in [2.45, 2.75) is 58.0 Å². The van der Waals surface area contributed by atoms with Gasteiger partial charge in [-0.05, 0) is 51.4 Å². The van der Waals surface area contributed by atoms with Crippen molar-refractivity contribution in [1.29, 1.82) is 0 Å². The van der Waals surface area contributed by atoms with E-state index in [-0.39, 0.29) is 5.92 Å². The highest BCUT2D eigenvalue weighted by molar-refractivity contribution is 5.51. The lowest BCUT2D eigenvalue weighted by Crippen LogP contribution is -2.56. The first-order valence-corrected chi connectivity index (χ1v) is 9.49. The second-order valence-electron chi connectivity index (χ2n) is 7.85. The Morgan fingerprint density at radius 3 is 2.75 bits per heavy atom. The highest BCUT2D eigenvalue weighted by atomic mass is 16.5. The smallest absolute Gasteiger partial charge is 0.135 e. The van der Waals surface area contributed by atoms with Crippen LogP contribution in [0.15, 0.2) is 0 Å². The van der Waals surface area contributed by atoms with Crippen molar-refractivity contribution in [3.8, 4) is 0 Å². The molecule has 2 saturated heterocycles. The number of piperidine rings is 1. The lowest BCUT2D eigenvalue weighted by atomic mass is 9.70. The third kappa shape index (κ3) is 2.72. The van der Waals surface area contributed by atoms with Crippen molar-refractivity contribution in [3.63, 3.8) is 0 Å². The minimum atomic E-state index is -0.550. The molecule has 1 aromatic rings. The number of rotatable bonds is 2. The third-order valence-corrected chi connectivity index (χ3v) is 6.38. The van der Waals surface area contributed by atoms with E-state index in [2.05, 4.69) is 16.8 Å². The Labute approximate surface area is 144 Å². The summed E-state index contributed by atoms with van der Waals surface area (Å²) in [5.74, 6) is 2.64. The molecule has 5 heteroatoms. The number of nitrogens with zero attached hydrogens (tertiary/aromatic N) is 3. The molecular formula is C19H29N3O2. The van der Waals surface area contributed by atoms with E-state index in [9.17, 15) is 5.11 Å². The van der Waals surface area contributed by atoms with E-state index in [4.69, 9.17) is 9.72 Å². The summed E-state index contributed by atoms with van der Waals surface area (Å²) in [6.45, 7) is 7.56. The third-order valence-electron chi connectivity index (χ3n) is 6.38. The number of anilines is 1. The highest BCUT2D eigenvalue weighted by Gasteiger charge is 2.45. The minimum Gasteiger partial charge on any atom is -0.389 e. The quantitative estimate of drug-likeness (QED) is 0.901. The van der Waals surface area contributed by atoms with Crippen LogP contribution < -0.4 is 4.90 Å². The second-order valence-corrected chi connectivity index (χ2v) is 7.85. The van der Waals surface area contributed by atoms with Crippen LogP contribution in [0.25, 0.3) is 0 Å². The molecule has 2 fully saturated rings. The first kappa shape index (κ1) is 16.3. The van der Waals surface area contributed by atoms with Crippen LogP contribution in [0.4, 0.5) is 5.82 Å². The number of aliphatic hydroxyl groups is 1. The molecule has 2 aliphatic heterocycles. The monoisotopic (exact) mass is 331 g/mol. The van der Waals surface area contributed by atoms with Gasteiger partial charge in [-0.15, -0.1) is 0 Å². The summed E-state index contributed by atoms with van der Waals surface area (Å²) in [6.07, 6.45) is 6.18. The van der Waals surface area contributed by atoms with Crippen LogP contribution >= 0.6 is 0 Å². The number of aryl methyl sites for hydroxylation is 2. The van der Waals surface area contributed by atoms with Gasteiger partial charge in [-0.2, -0.15) is 0 Å². The van der Waals surface area contributed by atoms with E-state index < -0.39 is 5.60 Å². The molecule has 0 radical (unpaired) electrons. The Morgan fingerprint density at radius 1 is 1.21 bits per heavy atom. The van der Waals surface area contributed by atoms with Crippen molar-refractivity contribution in [1.82, 2.24) is 9.97 Å². The van der Waals surface area contributed by atoms with Crippen molar-refractivity contribution in [3.05, 3.63) is 17.1 Å². The van der Waals surface area contributed by atoms with E-state index in [1.165, 1.54) is 17.7 Å². The summed E-state index contributed by atoms with van der Waals surface area (Å²) in [5, 5.41) is 11.4. The predicted octanol–water partition coefficient (Wildman–Crippen LogP) is 2.28. The van der Waals surface area contributed by atoms with Crippen LogP contribution in [0.2, 0.25) is 0 Å². The molecule has 24 heavy (non-hydrogen) atoms. The minimum absolute atomic E-state index is 0.252. The van der Waals surface area contributed by atoms with Crippen LogP contribution in [0.5, 0.6) is 0 Å². The summed E-state index contributed by atoms with van der Waals surface area (Å²) in [7, 11) is 0. The zero-order chi connectivity index (χ0) is 16.7. The molecular weight excluding hydrogens is 302 g/mol. The number of aromatic nitrogens is 2. The zero-order valence-electron chi connectivity index (χ0n) is 14.9. The fourth-order valence-corrected chi connectivity index (χ4v) is 4.93. The van der Waals surface area contributed by atoms with Gasteiger partial charge in [0.25, 0.3) is 0 Å². The van der Waals surface area contributed by atoms with Gasteiger partial charge in [0.1, 0.15) is 11.6 Å². The maximum atomic E-state index is 11.4. The molecule has 3 heterocycles. The van der Waals surface area contributed by atoms with Crippen molar-refractivity contribution in [2.75, 3.05) is 31.2 Å². The number of hydrogen-bond acceptors (Lipinski definition) is 5. The lowest BCUT2D eigenvalue weighted by molar-refractivity contribution is -0.108. The number of hydrogen-bond donors (Lipinski definition) is 1. The summed E-state index contributed by atoms with van der Waals surface area (Å²) in [5.41, 5.74) is 2.05. The van der Waals surface area contributed by atoms with Crippen molar-refractivity contribution >= 4 is 5.82 Å². The van der Waals surface area contributed by atoms with E-state index in [1.807, 2.05) is 6.92 Å². The lowest BCUT2D eigenvalue weighted by Gasteiger charge is -2.49. The summed E-state index contributed by atoms with van der Waals surface area (Å²) in [4.78, 5) is 11.8. The topological polar surface area (TPSA) is 58.5 Å². The molecule has 1 aromatic heterocycles. The van der Waals surface area contributed by atoms with Crippen molar-refractivity contribution in [2.24, 2.45) is 11.8 Å². The van der Waals surface area contributed by atoms with Gasteiger partial charge >= 0.3 is 0 Å². The average molecular weight is 331 g/mol. The SMILES string of the molecule is Cc1nc2c(c(N3CC[C@@](O)(C4CCOCC4)[C@H](C)C3)n1)CCC2. The molecule has 0 unspecified atom stereocenters. The molecule has 2 atom stereocenters. The number of fused-ring (bicyclic) bond motifs is 1. The molecule has 0 bridgehead atoms. The van der Waals surface area contributed by atoms with E-state index in [0.29, 0.717) is 5.92 Å². The zero-order valence-corrected chi connectivity index (χ0v) is 14.9. The highest BCUT2D eigenvalue weighted by Crippen LogP contribution is 2.41. The van der Waals surface area contributed by atoms with Crippen LogP contribution in [0.3, 0.4) is 0 Å². The van der Waals surface area contributed by atoms with Gasteiger partial charge in [-0.1, -0.05) is 6.92 Å². The summed E-state index contributed by atoms with van der Waals surface area (Å²) >= 11 is 0. The predicted molar refractivity (Wildman–Crippen MR) is 93.3 cm³/mol. The molecule has 0 amide bonds. The van der Waals surface area contributed by atoms with Crippen LogP contribution in [0.1, 0.15) is 49.7 Å². The van der Waals surface area contributed by atoms with Crippen LogP contribution in [-0.2, 0) is 17.6 Å². The maximum Gasteiger partial charge on any atom is 0.135 e. The standard InChI is InChI=1S/C19H29N3O2/c1-13-12-22(9-8-19(13,23)15-6-10-24-11-7-15)18-16-4-3-5-17(16)20-14(2)21-18/h13,15,23H,3-12H2,1-2H3/t13-,19+/m1/s1. The molecule has 0 spiro atoms. The van der Waals surface area contributed by atoms with Crippen molar-refractivity contribution < 1.29 is 9.84 Å². The molecule has 132 valence electrons. The van der Waals surface area contributed by atoms with Gasteiger partial charge in [0.2, 0.25) is 0 Å². The van der Waals surface area contributed by atoms with Crippen LogP contribution in [-0.4, -0.2) is 47.0 Å². The van der Waals surface area contributed by atoms with Gasteiger partial charge in [0, 0.05) is 43.5 Å². The Kier molecular flexibility index (Phi) is 4.25. The maximum absolute atomic E-state index is 11.4. The first-order chi connectivity index (χ1) is 11.6. The first-order valence-electron chi connectivity index (χ1n) is 9.49. The number of ether oxygens (including phenoxy) is 1. The van der Waals surface area contributed by atoms with E-state index in [1.54, 1.807) is 0 Å². The van der Waals surface area contributed by atoms with Gasteiger partial charge < -0.3 is 14.7 Å². The van der Waals surface area contributed by atoms with Gasteiger partial charge in [0.15, 0.2) is 0 Å². The fraction of sp³-hybridized carbons (Fsp3) is 0.789. The largest absolute Gasteiger partial charge is 0.389 e. The van der Waals surface area contributed by atoms with Gasteiger partial charge in [-0.25, -0.2) is 9.97 Å². The Balaban J connectivity index is 1.55. The van der Waals surface area contributed by atoms with E-state index in [0.717, 1.165) is 70.0 Å². The summed E-state index contributed by atoms with van der Waals surface area (Å²) in [6, 6.07) is 0. The second kappa shape index (κ2) is 6.26. The van der Waals surface area contributed by atoms with Crippen LogP contribution in [0, 0.1) is 18.8 Å². The molecule has 1 aliphatic carbocycles. The molecule has 0 saturated carbocycles. The van der Waals surface area contributed by atoms with Gasteiger partial charge in [0.05, 0.1) is 5.60 Å². The Morgan fingerprint density at radius 2 is 2.00 bits per heavy atom. The van der Waals surface area contributed by atoms with E-state index >= 15 is 0 Å². The molecule has 1 N–H and O–H groups in total. The summed E-state index contributed by atoms with van der Waals surface area (Å²) < 4.78 is 5.49. The normalized spacial score (nSPS) is 31.3. The molecule has 0 aromatic carbocycles. The van der Waals surface area contributed by atoms with Gasteiger partial charge in [-0.3, -0.25) is 0 Å². The Hall–Kier alpha value is -1.20. The molecule has 5 nitrogen and oxygen atoms in total.